The van der Waals surface area contributed by atoms with Crippen LogP contribution in [0.1, 0.15) is 44.6 Å². The van der Waals surface area contributed by atoms with Crippen molar-refractivity contribution in [3.63, 3.8) is 0 Å². The van der Waals surface area contributed by atoms with Gasteiger partial charge in [0.1, 0.15) is 5.75 Å². The third kappa shape index (κ3) is 7.59. The van der Waals surface area contributed by atoms with Crippen LogP contribution in [-0.4, -0.2) is 49.7 Å². The summed E-state index contributed by atoms with van der Waals surface area (Å²) in [5, 5.41) is 2.65. The molecule has 1 aliphatic rings. The van der Waals surface area contributed by atoms with E-state index < -0.39 is 21.5 Å². The lowest BCUT2D eigenvalue weighted by Crippen LogP contribution is -2.40. The second-order valence-corrected chi connectivity index (χ2v) is 9.70. The molecule has 8 heteroatoms. The van der Waals surface area contributed by atoms with Crippen LogP contribution in [0.15, 0.2) is 24.3 Å². The van der Waals surface area contributed by atoms with E-state index in [-0.39, 0.29) is 17.6 Å². The largest absolute Gasteiger partial charge is 0.369 e. The van der Waals surface area contributed by atoms with E-state index in [4.69, 9.17) is 5.73 Å². The zero-order valence-electron chi connectivity index (χ0n) is 16.5. The van der Waals surface area contributed by atoms with E-state index in [1.807, 2.05) is 19.1 Å². The topological polar surface area (TPSA) is 110 Å². The van der Waals surface area contributed by atoms with Crippen molar-refractivity contribution >= 4 is 27.3 Å². The lowest BCUT2D eigenvalue weighted by molar-refractivity contribution is -0.123. The molecule has 0 radical (unpaired) electrons. The number of benzene rings is 1. The number of carbonyl (C=O) groups excluding carboxylic acids is 2. The summed E-state index contributed by atoms with van der Waals surface area (Å²) in [5.41, 5.74) is 7.06. The van der Waals surface area contributed by atoms with E-state index in [0.29, 0.717) is 25.2 Å². The molecule has 156 valence electrons. The number of hydrogen-bond acceptors (Lipinski definition) is 5. The molecule has 0 aromatic heterocycles. The normalized spacial score (nSPS) is 18.0. The molecule has 1 aromatic rings. The third-order valence-corrected chi connectivity index (χ3v) is 6.57. The van der Waals surface area contributed by atoms with Crippen molar-refractivity contribution in [3.05, 3.63) is 29.8 Å². The van der Waals surface area contributed by atoms with Crippen LogP contribution in [-0.2, 0) is 26.0 Å². The lowest BCUT2D eigenvalue weighted by atomic mass is 9.97. The Hall–Kier alpha value is -1.93. The van der Waals surface area contributed by atoms with Gasteiger partial charge in [-0.1, -0.05) is 31.9 Å². The monoisotopic (exact) mass is 409 g/mol. The number of primary amides is 1. The van der Waals surface area contributed by atoms with Crippen LogP contribution in [0.3, 0.4) is 0 Å². The molecule has 1 fully saturated rings. The fraction of sp³-hybridized carbons (Fsp3) is 0.600. The molecule has 1 atom stereocenters. The molecule has 0 spiro atoms. The van der Waals surface area contributed by atoms with Gasteiger partial charge in [-0.2, -0.15) is 0 Å². The van der Waals surface area contributed by atoms with Gasteiger partial charge >= 0.3 is 0 Å². The Morgan fingerprint density at radius 2 is 1.93 bits per heavy atom. The van der Waals surface area contributed by atoms with Crippen molar-refractivity contribution in [3.8, 4) is 0 Å². The van der Waals surface area contributed by atoms with Gasteiger partial charge in [0.05, 0.1) is 11.7 Å². The van der Waals surface area contributed by atoms with E-state index in [9.17, 15) is 18.0 Å². The summed E-state index contributed by atoms with van der Waals surface area (Å²) in [6.07, 6.45) is 4.18. The van der Waals surface area contributed by atoms with Gasteiger partial charge in [0.15, 0.2) is 9.84 Å². The minimum absolute atomic E-state index is 0.0509. The maximum absolute atomic E-state index is 12.0. The summed E-state index contributed by atoms with van der Waals surface area (Å²) in [7, 11) is -3.37. The highest BCUT2D eigenvalue weighted by Gasteiger charge is 2.23. The van der Waals surface area contributed by atoms with Gasteiger partial charge in [-0.3, -0.25) is 14.5 Å². The molecule has 0 saturated carbocycles. The number of nitrogens with zero attached hydrogens (tertiary/aromatic N) is 1. The molecule has 1 aliphatic heterocycles. The van der Waals surface area contributed by atoms with Crippen molar-refractivity contribution in [2.45, 2.75) is 45.6 Å². The highest BCUT2D eigenvalue weighted by Crippen LogP contribution is 2.19. The fourth-order valence-corrected chi connectivity index (χ4v) is 4.68. The molecule has 2 amide bonds. The van der Waals surface area contributed by atoms with E-state index in [0.717, 1.165) is 37.8 Å². The van der Waals surface area contributed by atoms with Gasteiger partial charge in [-0.15, -0.1) is 0 Å². The molecule has 1 unspecified atom stereocenters. The van der Waals surface area contributed by atoms with Gasteiger partial charge in [-0.05, 0) is 43.5 Å². The Morgan fingerprint density at radius 3 is 2.57 bits per heavy atom. The van der Waals surface area contributed by atoms with Crippen LogP contribution in [0.2, 0.25) is 0 Å². The summed E-state index contributed by atoms with van der Waals surface area (Å²) in [6.45, 7) is 4.32. The van der Waals surface area contributed by atoms with Gasteiger partial charge in [0, 0.05) is 18.8 Å². The first-order chi connectivity index (χ1) is 13.3. The van der Waals surface area contributed by atoms with E-state index in [1.165, 1.54) is 0 Å². The lowest BCUT2D eigenvalue weighted by Gasteiger charge is -2.31. The summed E-state index contributed by atoms with van der Waals surface area (Å²) >= 11 is 0. The number of amides is 2. The number of anilines is 1. The standard InChI is InChI=1S/C20H31N3O4S/c1-2-3-4-12-28(26,27)15-19(24)22-18-9-7-16(8-10-18)13-23-11-5-6-17(14-23)20(21)25/h7-10,17H,2-6,11-15H2,1H3,(H2,21,25)(H,22,24). The number of hydrogen-bond donors (Lipinski definition) is 2. The number of sulfone groups is 1. The first-order valence-electron chi connectivity index (χ1n) is 9.90. The van der Waals surface area contributed by atoms with Gasteiger partial charge in [0.2, 0.25) is 11.8 Å². The fourth-order valence-electron chi connectivity index (χ4n) is 3.42. The van der Waals surface area contributed by atoms with Crippen LogP contribution < -0.4 is 11.1 Å². The quantitative estimate of drug-likeness (QED) is 0.574. The molecule has 1 heterocycles. The molecular weight excluding hydrogens is 378 g/mol. The smallest absolute Gasteiger partial charge is 0.239 e. The van der Waals surface area contributed by atoms with E-state index >= 15 is 0 Å². The maximum atomic E-state index is 12.0. The average Bonchev–Trinajstić information content (AvgIpc) is 2.63. The second-order valence-electron chi connectivity index (χ2n) is 7.52. The van der Waals surface area contributed by atoms with Crippen molar-refractivity contribution in [2.24, 2.45) is 11.7 Å². The number of nitrogens with one attached hydrogen (secondary N) is 1. The number of nitrogens with two attached hydrogens (primary N) is 1. The number of rotatable bonds is 10. The predicted octanol–water partition coefficient (Wildman–Crippen LogP) is 1.93. The van der Waals surface area contributed by atoms with Crippen LogP contribution >= 0.6 is 0 Å². The van der Waals surface area contributed by atoms with Gasteiger partial charge < -0.3 is 11.1 Å². The van der Waals surface area contributed by atoms with Crippen molar-refractivity contribution < 1.29 is 18.0 Å². The summed E-state index contributed by atoms with van der Waals surface area (Å²) in [4.78, 5) is 25.6. The summed E-state index contributed by atoms with van der Waals surface area (Å²) < 4.78 is 23.9. The highest BCUT2D eigenvalue weighted by atomic mass is 32.2. The van der Waals surface area contributed by atoms with Gasteiger partial charge in [-0.25, -0.2) is 8.42 Å². The second kappa shape index (κ2) is 10.6. The first-order valence-corrected chi connectivity index (χ1v) is 11.7. The van der Waals surface area contributed by atoms with Crippen molar-refractivity contribution in [1.82, 2.24) is 4.90 Å². The molecule has 3 N–H and O–H groups in total. The van der Waals surface area contributed by atoms with E-state index in [2.05, 4.69) is 10.2 Å². The van der Waals surface area contributed by atoms with Crippen molar-refractivity contribution in [2.75, 3.05) is 29.9 Å². The molecular formula is C20H31N3O4S. The first kappa shape index (κ1) is 22.4. The summed E-state index contributed by atoms with van der Waals surface area (Å²) in [6, 6.07) is 7.34. The minimum Gasteiger partial charge on any atom is -0.369 e. The molecule has 0 aliphatic carbocycles. The zero-order valence-corrected chi connectivity index (χ0v) is 17.3. The molecule has 1 aromatic carbocycles. The van der Waals surface area contributed by atoms with E-state index in [1.54, 1.807) is 12.1 Å². The SMILES string of the molecule is CCCCCS(=O)(=O)CC(=O)Nc1ccc(CN2CCCC(C(N)=O)C2)cc1. The number of likely N-dealkylation sites (tertiary alicyclic amines) is 1. The van der Waals surface area contributed by atoms with Crippen molar-refractivity contribution in [1.29, 1.82) is 0 Å². The maximum Gasteiger partial charge on any atom is 0.239 e. The zero-order chi connectivity index (χ0) is 20.6. The molecule has 7 nitrogen and oxygen atoms in total. The number of unbranched alkanes of at least 4 members (excludes halogenated alkanes) is 2. The third-order valence-electron chi connectivity index (χ3n) is 4.96. The highest BCUT2D eigenvalue weighted by molar-refractivity contribution is 7.92. The minimum atomic E-state index is -3.37. The Balaban J connectivity index is 1.83. The predicted molar refractivity (Wildman–Crippen MR) is 110 cm³/mol. The Kier molecular flexibility index (Phi) is 8.44. The number of piperidine rings is 1. The van der Waals surface area contributed by atoms with Crippen LogP contribution in [0, 0.1) is 5.92 Å². The Bertz CT molecular complexity index is 762. The Labute approximate surface area is 167 Å². The molecule has 28 heavy (non-hydrogen) atoms. The molecule has 1 saturated heterocycles. The number of carbonyl (C=O) groups is 2. The van der Waals surface area contributed by atoms with Crippen LogP contribution in [0.4, 0.5) is 5.69 Å². The summed E-state index contributed by atoms with van der Waals surface area (Å²) in [5.74, 6) is -1.28. The van der Waals surface area contributed by atoms with Crippen LogP contribution in [0.25, 0.3) is 0 Å². The van der Waals surface area contributed by atoms with Gasteiger partial charge in [0.25, 0.3) is 0 Å². The van der Waals surface area contributed by atoms with Crippen LogP contribution in [0.5, 0.6) is 0 Å². The molecule has 0 bridgehead atoms. The molecule has 2 rings (SSSR count). The average molecular weight is 410 g/mol. The Morgan fingerprint density at radius 1 is 1.21 bits per heavy atom.